The van der Waals surface area contributed by atoms with Crippen LogP contribution in [0.3, 0.4) is 0 Å². The van der Waals surface area contributed by atoms with Crippen LogP contribution in [0.25, 0.3) is 0 Å². The van der Waals surface area contributed by atoms with Gasteiger partial charge in [-0.2, -0.15) is 0 Å². The van der Waals surface area contributed by atoms with Gasteiger partial charge in [0.25, 0.3) is 0 Å². The molecule has 0 bridgehead atoms. The number of rotatable bonds is 6. The average Bonchev–Trinajstić information content (AvgIpc) is 2.42. The predicted octanol–water partition coefficient (Wildman–Crippen LogP) is 1.04. The molecule has 0 unspecified atom stereocenters. The number of methoxy groups -OCH3 is 1. The van der Waals surface area contributed by atoms with Crippen molar-refractivity contribution in [3.63, 3.8) is 0 Å². The summed E-state index contributed by atoms with van der Waals surface area (Å²) >= 11 is 0. The molecule has 5 heteroatoms. The molecule has 0 aromatic carbocycles. The van der Waals surface area contributed by atoms with Gasteiger partial charge in [-0.25, -0.2) is 0 Å². The molecule has 0 aromatic heterocycles. The summed E-state index contributed by atoms with van der Waals surface area (Å²) in [5.74, 6) is -0.286. The Balaban J connectivity index is 2.17. The average molecular weight is 255 g/mol. The third-order valence-corrected chi connectivity index (χ3v) is 3.10. The second-order valence-electron chi connectivity index (χ2n) is 4.40. The molecular weight excluding hydrogens is 234 g/mol. The summed E-state index contributed by atoms with van der Waals surface area (Å²) in [7, 11) is 1.41. The van der Waals surface area contributed by atoms with Crippen LogP contribution in [0, 0.1) is 5.92 Å². The van der Waals surface area contributed by atoms with Crippen LogP contribution in [0.15, 0.2) is 12.7 Å². The van der Waals surface area contributed by atoms with Gasteiger partial charge >= 0.3 is 5.97 Å². The van der Waals surface area contributed by atoms with Crippen molar-refractivity contribution in [3.05, 3.63) is 12.7 Å². The molecule has 1 amide bonds. The van der Waals surface area contributed by atoms with Gasteiger partial charge in [0.15, 0.2) is 0 Å². The number of amides is 1. The van der Waals surface area contributed by atoms with Crippen molar-refractivity contribution in [1.82, 2.24) is 5.32 Å². The van der Waals surface area contributed by atoms with Crippen LogP contribution in [0.5, 0.6) is 0 Å². The van der Waals surface area contributed by atoms with Gasteiger partial charge in [-0.1, -0.05) is 6.08 Å². The lowest BCUT2D eigenvalue weighted by Crippen LogP contribution is -2.32. The lowest BCUT2D eigenvalue weighted by atomic mass is 9.87. The molecule has 1 fully saturated rings. The highest BCUT2D eigenvalue weighted by Crippen LogP contribution is 2.26. The van der Waals surface area contributed by atoms with Crippen molar-refractivity contribution in [3.8, 4) is 0 Å². The minimum Gasteiger partial charge on any atom is -0.469 e. The zero-order chi connectivity index (χ0) is 13.4. The highest BCUT2D eigenvalue weighted by molar-refractivity contribution is 5.77. The molecule has 1 N–H and O–H groups in total. The lowest BCUT2D eigenvalue weighted by Gasteiger charge is -2.26. The molecule has 5 nitrogen and oxygen atoms in total. The molecule has 1 aliphatic carbocycles. The first kappa shape index (κ1) is 14.7. The van der Waals surface area contributed by atoms with E-state index in [4.69, 9.17) is 9.47 Å². The van der Waals surface area contributed by atoms with E-state index in [2.05, 4.69) is 11.9 Å². The van der Waals surface area contributed by atoms with Crippen LogP contribution >= 0.6 is 0 Å². The molecule has 102 valence electrons. The summed E-state index contributed by atoms with van der Waals surface area (Å²) in [6.45, 7) is 4.04. The van der Waals surface area contributed by atoms with Crippen LogP contribution in [0.2, 0.25) is 0 Å². The van der Waals surface area contributed by atoms with E-state index in [9.17, 15) is 9.59 Å². The summed E-state index contributed by atoms with van der Waals surface area (Å²) in [6.07, 6.45) is 4.83. The highest BCUT2D eigenvalue weighted by Gasteiger charge is 2.27. The Bertz CT molecular complexity index is 295. The summed E-state index contributed by atoms with van der Waals surface area (Å²) in [5, 5.41) is 2.65. The standard InChI is InChI=1S/C13H21NO4/c1-3-8-14-12(15)9-18-11-6-4-10(5-7-11)13(16)17-2/h3,10-11H,1,4-9H2,2H3,(H,14,15). The number of esters is 1. The summed E-state index contributed by atoms with van der Waals surface area (Å²) in [6, 6.07) is 0. The van der Waals surface area contributed by atoms with Crippen molar-refractivity contribution in [2.45, 2.75) is 31.8 Å². The van der Waals surface area contributed by atoms with Crippen molar-refractivity contribution in [1.29, 1.82) is 0 Å². The number of carbonyl (C=O) groups excluding carboxylic acids is 2. The third kappa shape index (κ3) is 4.87. The Hall–Kier alpha value is -1.36. The van der Waals surface area contributed by atoms with E-state index in [0.29, 0.717) is 6.54 Å². The van der Waals surface area contributed by atoms with Crippen molar-refractivity contribution < 1.29 is 19.1 Å². The Morgan fingerprint density at radius 3 is 2.56 bits per heavy atom. The van der Waals surface area contributed by atoms with E-state index in [1.165, 1.54) is 7.11 Å². The Morgan fingerprint density at radius 1 is 1.33 bits per heavy atom. The van der Waals surface area contributed by atoms with Crippen LogP contribution < -0.4 is 5.32 Å². The molecule has 0 saturated heterocycles. The van der Waals surface area contributed by atoms with E-state index in [1.54, 1.807) is 6.08 Å². The molecule has 1 rings (SSSR count). The first-order valence-electron chi connectivity index (χ1n) is 6.24. The minimum absolute atomic E-state index is 0.00978. The van der Waals surface area contributed by atoms with E-state index in [1.807, 2.05) is 0 Å². The second-order valence-corrected chi connectivity index (χ2v) is 4.40. The molecule has 1 aliphatic rings. The van der Waals surface area contributed by atoms with Gasteiger partial charge < -0.3 is 14.8 Å². The van der Waals surface area contributed by atoms with Gasteiger partial charge in [-0.15, -0.1) is 6.58 Å². The van der Waals surface area contributed by atoms with Crippen molar-refractivity contribution in [2.24, 2.45) is 5.92 Å². The first-order valence-corrected chi connectivity index (χ1v) is 6.24. The normalized spacial score (nSPS) is 23.2. The maximum absolute atomic E-state index is 11.3. The molecule has 1 saturated carbocycles. The van der Waals surface area contributed by atoms with Gasteiger partial charge in [0.05, 0.1) is 19.1 Å². The van der Waals surface area contributed by atoms with Gasteiger partial charge in [0, 0.05) is 6.54 Å². The summed E-state index contributed by atoms with van der Waals surface area (Å²) in [5.41, 5.74) is 0. The fourth-order valence-corrected chi connectivity index (χ4v) is 2.06. The second kappa shape index (κ2) is 7.87. The fourth-order valence-electron chi connectivity index (χ4n) is 2.06. The van der Waals surface area contributed by atoms with Gasteiger partial charge in [0.2, 0.25) is 5.91 Å². The lowest BCUT2D eigenvalue weighted by molar-refractivity contribution is -0.148. The van der Waals surface area contributed by atoms with Gasteiger partial charge in [0.1, 0.15) is 6.61 Å². The van der Waals surface area contributed by atoms with E-state index in [0.717, 1.165) is 25.7 Å². The van der Waals surface area contributed by atoms with Crippen molar-refractivity contribution in [2.75, 3.05) is 20.3 Å². The summed E-state index contributed by atoms with van der Waals surface area (Å²) in [4.78, 5) is 22.6. The van der Waals surface area contributed by atoms with E-state index in [-0.39, 0.29) is 30.5 Å². The Morgan fingerprint density at radius 2 is 2.00 bits per heavy atom. The highest BCUT2D eigenvalue weighted by atomic mass is 16.5. The van der Waals surface area contributed by atoms with Crippen LogP contribution in [0.1, 0.15) is 25.7 Å². The first-order chi connectivity index (χ1) is 8.67. The van der Waals surface area contributed by atoms with E-state index < -0.39 is 0 Å². The van der Waals surface area contributed by atoms with Crippen molar-refractivity contribution >= 4 is 11.9 Å². The number of ether oxygens (including phenoxy) is 2. The van der Waals surface area contributed by atoms with Gasteiger partial charge in [-0.3, -0.25) is 9.59 Å². The summed E-state index contributed by atoms with van der Waals surface area (Å²) < 4.78 is 10.2. The zero-order valence-electron chi connectivity index (χ0n) is 10.8. The topological polar surface area (TPSA) is 64.6 Å². The Labute approximate surface area is 108 Å². The van der Waals surface area contributed by atoms with Gasteiger partial charge in [-0.05, 0) is 25.7 Å². The number of hydrogen-bond donors (Lipinski definition) is 1. The number of nitrogens with one attached hydrogen (secondary N) is 1. The molecule has 0 spiro atoms. The zero-order valence-corrected chi connectivity index (χ0v) is 10.8. The largest absolute Gasteiger partial charge is 0.469 e. The quantitative estimate of drug-likeness (QED) is 0.569. The van der Waals surface area contributed by atoms with E-state index >= 15 is 0 Å². The number of carbonyl (C=O) groups is 2. The molecule has 0 aliphatic heterocycles. The van der Waals surface area contributed by atoms with Crippen LogP contribution in [0.4, 0.5) is 0 Å². The minimum atomic E-state index is -0.142. The maximum atomic E-state index is 11.3. The monoisotopic (exact) mass is 255 g/mol. The SMILES string of the molecule is C=CCNC(=O)COC1CCC(C(=O)OC)CC1. The maximum Gasteiger partial charge on any atom is 0.308 e. The molecule has 0 radical (unpaired) electrons. The Kier molecular flexibility index (Phi) is 6.43. The predicted molar refractivity (Wildman–Crippen MR) is 66.9 cm³/mol. The van der Waals surface area contributed by atoms with Crippen LogP contribution in [-0.4, -0.2) is 38.2 Å². The molecule has 0 aromatic rings. The molecule has 0 atom stereocenters. The number of hydrogen-bond acceptors (Lipinski definition) is 4. The molecule has 0 heterocycles. The third-order valence-electron chi connectivity index (χ3n) is 3.10. The fraction of sp³-hybridized carbons (Fsp3) is 0.692. The van der Waals surface area contributed by atoms with Crippen LogP contribution in [-0.2, 0) is 19.1 Å². The molecule has 18 heavy (non-hydrogen) atoms. The smallest absolute Gasteiger partial charge is 0.308 e. The molecular formula is C13H21NO4.